The molecule has 0 bridgehead atoms. The van der Waals surface area contributed by atoms with Crippen LogP contribution in [0.5, 0.6) is 0 Å². The molecule has 1 amide bonds. The van der Waals surface area contributed by atoms with Gasteiger partial charge in [0.05, 0.1) is 0 Å². The molecule has 8 heteroatoms. The lowest BCUT2D eigenvalue weighted by atomic mass is 9.98. The highest BCUT2D eigenvalue weighted by Gasteiger charge is 2.51. The van der Waals surface area contributed by atoms with Gasteiger partial charge in [0.15, 0.2) is 0 Å². The second-order valence-electron chi connectivity index (χ2n) is 5.40. The average molecular weight is 297 g/mol. The summed E-state index contributed by atoms with van der Waals surface area (Å²) in [6.07, 6.45) is -3.15. The minimum Gasteiger partial charge on any atom is -0.480 e. The second-order valence-corrected chi connectivity index (χ2v) is 5.40. The monoisotopic (exact) mass is 297 g/mol. The zero-order valence-corrected chi connectivity index (χ0v) is 11.3. The van der Waals surface area contributed by atoms with Crippen LogP contribution < -0.4 is 5.32 Å². The highest BCUT2D eigenvalue weighted by Crippen LogP contribution is 2.33. The Kier molecular flexibility index (Phi) is 4.88. The molecule has 1 rings (SSSR count). The first kappa shape index (κ1) is 16.6. The van der Waals surface area contributed by atoms with Gasteiger partial charge in [0.1, 0.15) is 6.04 Å². The molecule has 2 N–H and O–H groups in total. The molecule has 0 aliphatic heterocycles. The van der Waals surface area contributed by atoms with Crippen molar-refractivity contribution in [1.29, 1.82) is 0 Å². The fourth-order valence-corrected chi connectivity index (χ4v) is 2.12. The molecular weight excluding hydrogens is 279 g/mol. The van der Waals surface area contributed by atoms with Crippen LogP contribution in [0.2, 0.25) is 0 Å². The van der Waals surface area contributed by atoms with Crippen molar-refractivity contribution in [3.63, 3.8) is 0 Å². The first-order valence-electron chi connectivity index (χ1n) is 6.33. The summed E-state index contributed by atoms with van der Waals surface area (Å²) in [4.78, 5) is 22.6. The molecular formula is C12H18F3NO4. The predicted molar refractivity (Wildman–Crippen MR) is 63.1 cm³/mol. The number of halogens is 3. The van der Waals surface area contributed by atoms with Gasteiger partial charge in [-0.25, -0.2) is 9.59 Å². The zero-order valence-electron chi connectivity index (χ0n) is 11.3. The Hall–Kier alpha value is -1.47. The van der Waals surface area contributed by atoms with Crippen LogP contribution >= 0.6 is 0 Å². The van der Waals surface area contributed by atoms with E-state index >= 15 is 0 Å². The van der Waals surface area contributed by atoms with Gasteiger partial charge >= 0.3 is 18.2 Å². The molecule has 5 nitrogen and oxygen atoms in total. The summed E-state index contributed by atoms with van der Waals surface area (Å²) in [5.74, 6) is -1.53. The van der Waals surface area contributed by atoms with Crippen LogP contribution in [0.3, 0.4) is 0 Å². The number of alkyl halides is 3. The van der Waals surface area contributed by atoms with Gasteiger partial charge in [-0.3, -0.25) is 0 Å². The van der Waals surface area contributed by atoms with Crippen molar-refractivity contribution in [2.75, 3.05) is 0 Å². The van der Waals surface area contributed by atoms with E-state index in [1.165, 1.54) is 0 Å². The largest absolute Gasteiger partial charge is 0.480 e. The molecule has 0 unspecified atom stereocenters. The Labute approximate surface area is 114 Å². The third-order valence-corrected chi connectivity index (χ3v) is 3.44. The molecule has 0 aromatic heterocycles. The number of carboxylic acid groups (broad SMARTS) is 1. The lowest BCUT2D eigenvalue weighted by Gasteiger charge is -2.29. The van der Waals surface area contributed by atoms with Gasteiger partial charge in [0, 0.05) is 0 Å². The number of alkyl carbamates (subject to hydrolysis) is 1. The normalized spacial score (nSPS) is 18.6. The molecule has 0 aromatic carbocycles. The van der Waals surface area contributed by atoms with E-state index in [4.69, 9.17) is 5.11 Å². The van der Waals surface area contributed by atoms with Gasteiger partial charge in [-0.2, -0.15) is 13.2 Å². The number of nitrogens with one attached hydrogen (secondary N) is 1. The minimum atomic E-state index is -4.73. The molecule has 0 heterocycles. The molecule has 1 fully saturated rings. The van der Waals surface area contributed by atoms with Crippen LogP contribution in [0, 0.1) is 5.92 Å². The van der Waals surface area contributed by atoms with E-state index < -0.39 is 29.9 Å². The van der Waals surface area contributed by atoms with E-state index in [1.54, 1.807) is 0 Å². The number of hydrogen-bond acceptors (Lipinski definition) is 3. The maximum atomic E-state index is 12.6. The summed E-state index contributed by atoms with van der Waals surface area (Å²) in [6, 6.07) is -1.21. The molecule has 0 spiro atoms. The van der Waals surface area contributed by atoms with E-state index in [9.17, 15) is 22.8 Å². The number of rotatable bonds is 4. The SMILES string of the molecule is CC(C)(OC(=O)N[C@H](C(=O)O)C1CCCC1)C(F)(F)F. The van der Waals surface area contributed by atoms with Gasteiger partial charge < -0.3 is 15.2 Å². The lowest BCUT2D eigenvalue weighted by Crippen LogP contribution is -2.50. The third-order valence-electron chi connectivity index (χ3n) is 3.44. The van der Waals surface area contributed by atoms with Gasteiger partial charge in [-0.15, -0.1) is 0 Å². The highest BCUT2D eigenvalue weighted by molar-refractivity contribution is 5.80. The second kappa shape index (κ2) is 5.88. The molecule has 116 valence electrons. The predicted octanol–water partition coefficient (Wildman–Crippen LogP) is 2.70. The van der Waals surface area contributed by atoms with Crippen molar-refractivity contribution in [1.82, 2.24) is 5.32 Å². The summed E-state index contributed by atoms with van der Waals surface area (Å²) in [7, 11) is 0. The van der Waals surface area contributed by atoms with Crippen molar-refractivity contribution in [3.05, 3.63) is 0 Å². The minimum absolute atomic E-state index is 0.269. The number of aliphatic carboxylic acids is 1. The van der Waals surface area contributed by atoms with Crippen molar-refractivity contribution in [3.8, 4) is 0 Å². The quantitative estimate of drug-likeness (QED) is 0.836. The molecule has 0 saturated heterocycles. The Morgan fingerprint density at radius 3 is 2.15 bits per heavy atom. The number of carbonyl (C=O) groups excluding carboxylic acids is 1. The molecule has 0 aromatic rings. The van der Waals surface area contributed by atoms with E-state index in [-0.39, 0.29) is 5.92 Å². The van der Waals surface area contributed by atoms with Gasteiger partial charge in [-0.1, -0.05) is 12.8 Å². The van der Waals surface area contributed by atoms with Crippen molar-refractivity contribution < 1.29 is 32.6 Å². The Morgan fingerprint density at radius 2 is 1.75 bits per heavy atom. The van der Waals surface area contributed by atoms with Crippen LogP contribution in [0.4, 0.5) is 18.0 Å². The topological polar surface area (TPSA) is 75.6 Å². The molecule has 1 aliphatic carbocycles. The molecule has 20 heavy (non-hydrogen) atoms. The first-order valence-corrected chi connectivity index (χ1v) is 6.33. The summed E-state index contributed by atoms with van der Waals surface area (Å²) >= 11 is 0. The third kappa shape index (κ3) is 4.01. The molecule has 1 aliphatic rings. The van der Waals surface area contributed by atoms with Gasteiger partial charge in [0.2, 0.25) is 5.60 Å². The van der Waals surface area contributed by atoms with Crippen molar-refractivity contribution in [2.24, 2.45) is 5.92 Å². The maximum Gasteiger partial charge on any atom is 0.427 e. The fraction of sp³-hybridized carbons (Fsp3) is 0.833. The van der Waals surface area contributed by atoms with Crippen molar-refractivity contribution in [2.45, 2.75) is 57.3 Å². The number of carboxylic acids is 1. The van der Waals surface area contributed by atoms with Gasteiger partial charge in [-0.05, 0) is 32.6 Å². The van der Waals surface area contributed by atoms with Crippen LogP contribution in [0.1, 0.15) is 39.5 Å². The average Bonchev–Trinajstić information content (AvgIpc) is 2.76. The van der Waals surface area contributed by atoms with E-state index in [0.717, 1.165) is 12.8 Å². The number of carbonyl (C=O) groups is 2. The maximum absolute atomic E-state index is 12.6. The van der Waals surface area contributed by atoms with Crippen LogP contribution in [0.25, 0.3) is 0 Å². The zero-order chi connectivity index (χ0) is 15.6. The highest BCUT2D eigenvalue weighted by atomic mass is 19.4. The Bertz CT molecular complexity index is 375. The van der Waals surface area contributed by atoms with E-state index in [0.29, 0.717) is 26.7 Å². The van der Waals surface area contributed by atoms with Crippen LogP contribution in [-0.2, 0) is 9.53 Å². The summed E-state index contributed by atoms with van der Waals surface area (Å²) < 4.78 is 42.0. The lowest BCUT2D eigenvalue weighted by molar-refractivity contribution is -0.244. The van der Waals surface area contributed by atoms with Crippen molar-refractivity contribution >= 4 is 12.1 Å². The summed E-state index contributed by atoms with van der Waals surface area (Å²) in [6.45, 7) is 1.41. The van der Waals surface area contributed by atoms with E-state index in [2.05, 4.69) is 4.74 Å². The number of ether oxygens (including phenoxy) is 1. The standard InChI is InChI=1S/C12H18F3NO4/c1-11(2,12(13,14)15)20-10(19)16-8(9(17)18)7-5-3-4-6-7/h7-8H,3-6H2,1-2H3,(H,16,19)(H,17,18)/t8-/m0/s1. The fourth-order valence-electron chi connectivity index (χ4n) is 2.12. The first-order chi connectivity index (χ1) is 9.04. The Morgan fingerprint density at radius 1 is 1.25 bits per heavy atom. The van der Waals surface area contributed by atoms with Gasteiger partial charge in [0.25, 0.3) is 0 Å². The summed E-state index contributed by atoms with van der Waals surface area (Å²) in [5, 5.41) is 11.1. The smallest absolute Gasteiger partial charge is 0.427 e. The molecule has 0 radical (unpaired) electrons. The Balaban J connectivity index is 2.65. The summed E-state index contributed by atoms with van der Waals surface area (Å²) in [5.41, 5.74) is -2.67. The van der Waals surface area contributed by atoms with E-state index in [1.807, 2.05) is 5.32 Å². The number of hydrogen-bond donors (Lipinski definition) is 2. The van der Waals surface area contributed by atoms with Crippen LogP contribution in [0.15, 0.2) is 0 Å². The number of amides is 1. The van der Waals surface area contributed by atoms with Crippen LogP contribution in [-0.4, -0.2) is 35.0 Å². The molecule has 1 saturated carbocycles. The molecule has 1 atom stereocenters.